The second-order valence-electron chi connectivity index (χ2n) is 6.46. The molecule has 1 aliphatic heterocycles. The highest BCUT2D eigenvalue weighted by Gasteiger charge is 2.28. The van der Waals surface area contributed by atoms with Crippen molar-refractivity contribution in [3.63, 3.8) is 0 Å². The summed E-state index contributed by atoms with van der Waals surface area (Å²) in [6.45, 7) is 0.906. The smallest absolute Gasteiger partial charge is 0.291 e. The van der Waals surface area contributed by atoms with E-state index in [1.54, 1.807) is 16.8 Å². The van der Waals surface area contributed by atoms with Gasteiger partial charge in [-0.3, -0.25) is 9.48 Å². The summed E-state index contributed by atoms with van der Waals surface area (Å²) in [5.74, 6) is 0. The summed E-state index contributed by atoms with van der Waals surface area (Å²) in [6.07, 6.45) is 7.38. The molecule has 1 atom stereocenters. The molecule has 4 rings (SSSR count). The number of aromatic nitrogens is 4. The van der Waals surface area contributed by atoms with Gasteiger partial charge in [-0.1, -0.05) is 34.8 Å². The molecule has 0 spiro atoms. The molecule has 0 saturated carbocycles. The molecule has 2 aromatic heterocycles. The summed E-state index contributed by atoms with van der Waals surface area (Å²) < 4.78 is 2.99. The highest BCUT2D eigenvalue weighted by molar-refractivity contribution is 6.41. The van der Waals surface area contributed by atoms with Crippen molar-refractivity contribution in [2.45, 2.75) is 18.9 Å². The van der Waals surface area contributed by atoms with E-state index in [0.717, 1.165) is 30.6 Å². The number of nitrogens with zero attached hydrogens (tertiary/aromatic N) is 5. The lowest BCUT2D eigenvalue weighted by molar-refractivity contribution is 0.714. The molecule has 0 bridgehead atoms. The molecule has 1 fully saturated rings. The highest BCUT2D eigenvalue weighted by Crippen LogP contribution is 2.39. The first-order valence-electron chi connectivity index (χ1n) is 8.44. The lowest BCUT2D eigenvalue weighted by Crippen LogP contribution is -2.24. The Bertz CT molecular complexity index is 1060. The summed E-state index contributed by atoms with van der Waals surface area (Å²) in [4.78, 5) is 14.6. The van der Waals surface area contributed by atoms with Gasteiger partial charge in [0.2, 0.25) is 0 Å². The third kappa shape index (κ3) is 3.33. The lowest BCUT2D eigenvalue weighted by atomic mass is 10.1. The Morgan fingerprint density at radius 3 is 2.63 bits per heavy atom. The van der Waals surface area contributed by atoms with Crippen LogP contribution in [0, 0.1) is 0 Å². The van der Waals surface area contributed by atoms with Crippen molar-refractivity contribution in [3.05, 3.63) is 67.8 Å². The first-order chi connectivity index (χ1) is 13.0. The molecule has 0 amide bonds. The molecule has 1 saturated heterocycles. The summed E-state index contributed by atoms with van der Waals surface area (Å²) in [5, 5.41) is 8.93. The number of halogens is 3. The summed E-state index contributed by atoms with van der Waals surface area (Å²) in [5.41, 5.74) is 2.13. The van der Waals surface area contributed by atoms with Gasteiger partial charge in [0.25, 0.3) is 5.56 Å². The minimum Gasteiger partial charge on any atom is -0.363 e. The van der Waals surface area contributed by atoms with Crippen molar-refractivity contribution < 1.29 is 0 Å². The summed E-state index contributed by atoms with van der Waals surface area (Å²) in [7, 11) is 1.91. The topological polar surface area (TPSA) is 56.0 Å². The van der Waals surface area contributed by atoms with Crippen LogP contribution >= 0.6 is 34.8 Å². The third-order valence-electron chi connectivity index (χ3n) is 4.72. The van der Waals surface area contributed by atoms with Gasteiger partial charge < -0.3 is 4.90 Å². The van der Waals surface area contributed by atoms with Gasteiger partial charge in [-0.25, -0.2) is 0 Å². The lowest BCUT2D eigenvalue weighted by Gasteiger charge is -2.27. The van der Waals surface area contributed by atoms with Crippen LogP contribution in [0.25, 0.3) is 5.69 Å². The Kier molecular flexibility index (Phi) is 4.88. The van der Waals surface area contributed by atoms with Crippen molar-refractivity contribution in [2.75, 3.05) is 11.4 Å². The number of hydrogen-bond acceptors (Lipinski definition) is 4. The van der Waals surface area contributed by atoms with Crippen LogP contribution in [0.2, 0.25) is 15.1 Å². The van der Waals surface area contributed by atoms with Gasteiger partial charge in [0.15, 0.2) is 0 Å². The maximum atomic E-state index is 12.3. The number of aryl methyl sites for hydroxylation is 1. The van der Waals surface area contributed by atoms with Crippen LogP contribution in [0.1, 0.15) is 24.4 Å². The van der Waals surface area contributed by atoms with Gasteiger partial charge in [0.05, 0.1) is 39.9 Å². The molecule has 6 nitrogen and oxygen atoms in total. The molecule has 1 unspecified atom stereocenters. The fourth-order valence-electron chi connectivity index (χ4n) is 3.47. The van der Waals surface area contributed by atoms with E-state index >= 15 is 0 Å². The van der Waals surface area contributed by atoms with Gasteiger partial charge in [0.1, 0.15) is 5.02 Å². The molecule has 9 heteroatoms. The van der Waals surface area contributed by atoms with Crippen molar-refractivity contribution in [1.29, 1.82) is 0 Å². The van der Waals surface area contributed by atoms with Crippen LogP contribution in [0.3, 0.4) is 0 Å². The third-order valence-corrected chi connectivity index (χ3v) is 5.78. The van der Waals surface area contributed by atoms with Gasteiger partial charge in [-0.15, -0.1) is 0 Å². The molecule has 27 heavy (non-hydrogen) atoms. The molecule has 3 aromatic rings. The molecule has 140 valence electrons. The largest absolute Gasteiger partial charge is 0.363 e. The normalized spacial score (nSPS) is 16.9. The minimum atomic E-state index is -0.484. The van der Waals surface area contributed by atoms with Gasteiger partial charge in [-0.2, -0.15) is 14.9 Å². The van der Waals surface area contributed by atoms with E-state index in [4.69, 9.17) is 34.8 Å². The number of hydrogen-bond donors (Lipinski definition) is 0. The predicted molar refractivity (Wildman–Crippen MR) is 107 cm³/mol. The summed E-state index contributed by atoms with van der Waals surface area (Å²) >= 11 is 18.4. The van der Waals surface area contributed by atoms with Crippen molar-refractivity contribution >= 4 is 40.5 Å². The van der Waals surface area contributed by atoms with E-state index in [9.17, 15) is 4.79 Å². The number of anilines is 1. The van der Waals surface area contributed by atoms with Crippen LogP contribution in [-0.4, -0.2) is 26.1 Å². The van der Waals surface area contributed by atoms with Crippen molar-refractivity contribution in [3.8, 4) is 5.69 Å². The zero-order valence-electron chi connectivity index (χ0n) is 14.4. The van der Waals surface area contributed by atoms with Crippen molar-refractivity contribution in [2.24, 2.45) is 7.05 Å². The van der Waals surface area contributed by atoms with Crippen LogP contribution < -0.4 is 10.5 Å². The van der Waals surface area contributed by atoms with E-state index in [0.29, 0.717) is 10.7 Å². The van der Waals surface area contributed by atoms with Crippen molar-refractivity contribution in [1.82, 2.24) is 19.6 Å². The van der Waals surface area contributed by atoms with Gasteiger partial charge in [-0.05, 0) is 31.0 Å². The Morgan fingerprint density at radius 1 is 1.11 bits per heavy atom. The second kappa shape index (κ2) is 7.19. The molecule has 0 N–H and O–H groups in total. The van der Waals surface area contributed by atoms with Gasteiger partial charge >= 0.3 is 0 Å². The minimum absolute atomic E-state index is 0.0666. The van der Waals surface area contributed by atoms with Crippen LogP contribution in [0.15, 0.2) is 41.6 Å². The zero-order valence-corrected chi connectivity index (χ0v) is 16.7. The quantitative estimate of drug-likeness (QED) is 0.630. The van der Waals surface area contributed by atoms with E-state index in [-0.39, 0.29) is 16.1 Å². The Morgan fingerprint density at radius 2 is 1.93 bits per heavy atom. The van der Waals surface area contributed by atoms with Crippen LogP contribution in [0.5, 0.6) is 0 Å². The summed E-state index contributed by atoms with van der Waals surface area (Å²) in [6, 6.07) is 5.66. The van der Waals surface area contributed by atoms with E-state index < -0.39 is 5.56 Å². The molecular weight excluding hydrogens is 409 g/mol. The maximum absolute atomic E-state index is 12.3. The average Bonchev–Trinajstić information content (AvgIpc) is 3.28. The first kappa shape index (κ1) is 18.3. The Hall–Kier alpha value is -2.02. The molecule has 3 heterocycles. The fourth-order valence-corrected chi connectivity index (χ4v) is 4.01. The first-order valence-corrected chi connectivity index (χ1v) is 9.57. The predicted octanol–water partition coefficient (Wildman–Crippen LogP) is 4.27. The Labute approximate surface area is 170 Å². The number of rotatable bonds is 3. The fraction of sp³-hybridized carbons (Fsp3) is 0.278. The average molecular weight is 425 g/mol. The van der Waals surface area contributed by atoms with E-state index in [1.165, 1.54) is 10.9 Å². The SMILES string of the molecule is Cn1cc(C2CCCN2c2ccc(-n3ncc(Cl)c(Cl)c3=O)cc2Cl)cn1. The standard InChI is InChI=1S/C18H16Cl3N5O/c1-24-10-11(8-22-24)15-3-2-6-25(15)16-5-4-12(7-13(16)19)26-18(27)17(21)14(20)9-23-26/h4-5,7-10,15H,2-3,6H2,1H3. The monoisotopic (exact) mass is 423 g/mol. The molecule has 1 aromatic carbocycles. The van der Waals surface area contributed by atoms with Gasteiger partial charge in [0, 0.05) is 25.4 Å². The van der Waals surface area contributed by atoms with Crippen LogP contribution in [0.4, 0.5) is 5.69 Å². The molecule has 0 radical (unpaired) electrons. The van der Waals surface area contributed by atoms with E-state index in [1.807, 2.05) is 25.5 Å². The molecular formula is C18H16Cl3N5O. The zero-order chi connectivity index (χ0) is 19.1. The Balaban J connectivity index is 1.70. The highest BCUT2D eigenvalue weighted by atomic mass is 35.5. The van der Waals surface area contributed by atoms with E-state index in [2.05, 4.69) is 15.1 Å². The second-order valence-corrected chi connectivity index (χ2v) is 7.65. The number of benzene rings is 1. The maximum Gasteiger partial charge on any atom is 0.291 e. The van der Waals surface area contributed by atoms with Crippen LogP contribution in [-0.2, 0) is 7.05 Å². The molecule has 1 aliphatic rings. The molecule has 0 aliphatic carbocycles.